The van der Waals surface area contributed by atoms with Crippen LogP contribution in [-0.2, 0) is 11.2 Å². The Bertz CT molecular complexity index is 496. The number of rotatable bonds is 6. The molecular weight excluding hydrogens is 267 g/mol. The Morgan fingerprint density at radius 1 is 1.48 bits per heavy atom. The topological polar surface area (TPSA) is 41.1 Å². The number of hydrogen-bond acceptors (Lipinski definition) is 2. The lowest BCUT2D eigenvalue weighted by molar-refractivity contribution is -0.127. The zero-order valence-electron chi connectivity index (χ0n) is 13.0. The van der Waals surface area contributed by atoms with Crippen molar-refractivity contribution in [3.05, 3.63) is 35.1 Å². The van der Waals surface area contributed by atoms with E-state index in [1.54, 1.807) is 6.07 Å². The minimum atomic E-state index is -0.368. The highest BCUT2D eigenvalue weighted by molar-refractivity contribution is 5.86. The third-order valence-corrected chi connectivity index (χ3v) is 4.34. The fraction of sp³-hybridized carbons (Fsp3) is 0.588. The van der Waals surface area contributed by atoms with E-state index in [0.29, 0.717) is 6.54 Å². The lowest BCUT2D eigenvalue weighted by Crippen LogP contribution is -2.53. The van der Waals surface area contributed by atoms with E-state index in [2.05, 4.69) is 17.6 Å². The molecule has 0 radical (unpaired) electrons. The van der Waals surface area contributed by atoms with Gasteiger partial charge in [-0.2, -0.15) is 0 Å². The van der Waals surface area contributed by atoms with Gasteiger partial charge in [-0.3, -0.25) is 4.79 Å². The van der Waals surface area contributed by atoms with E-state index in [1.807, 2.05) is 6.92 Å². The zero-order valence-corrected chi connectivity index (χ0v) is 13.0. The summed E-state index contributed by atoms with van der Waals surface area (Å²) in [7, 11) is 0. The molecule has 0 aromatic heterocycles. The Labute approximate surface area is 126 Å². The quantitative estimate of drug-likeness (QED) is 0.846. The second-order valence-corrected chi connectivity index (χ2v) is 5.94. The molecule has 4 heteroatoms. The first-order valence-corrected chi connectivity index (χ1v) is 7.86. The van der Waals surface area contributed by atoms with Crippen LogP contribution in [-0.4, -0.2) is 24.5 Å². The van der Waals surface area contributed by atoms with Crippen molar-refractivity contribution >= 4 is 5.91 Å². The highest BCUT2D eigenvalue weighted by atomic mass is 19.1. The SMILES string of the molecule is CCCC1(C(=O)NCCc2ccc(F)cc2C)CCCN1. The number of carbonyl (C=O) groups excluding carboxylic acids is 1. The number of hydrogen-bond donors (Lipinski definition) is 2. The van der Waals surface area contributed by atoms with Gasteiger partial charge in [-0.05, 0) is 62.4 Å². The van der Waals surface area contributed by atoms with Crippen LogP contribution >= 0.6 is 0 Å². The van der Waals surface area contributed by atoms with Crippen molar-refractivity contribution in [3.8, 4) is 0 Å². The second kappa shape index (κ2) is 7.03. The second-order valence-electron chi connectivity index (χ2n) is 5.94. The van der Waals surface area contributed by atoms with Crippen LogP contribution in [0.1, 0.15) is 43.7 Å². The average Bonchev–Trinajstić information content (AvgIpc) is 2.91. The molecule has 0 spiro atoms. The summed E-state index contributed by atoms with van der Waals surface area (Å²) in [4.78, 5) is 12.5. The van der Waals surface area contributed by atoms with Crippen molar-refractivity contribution in [2.24, 2.45) is 0 Å². The van der Waals surface area contributed by atoms with Gasteiger partial charge in [0.05, 0.1) is 5.54 Å². The molecule has 1 atom stereocenters. The van der Waals surface area contributed by atoms with Crippen LogP contribution < -0.4 is 10.6 Å². The average molecular weight is 292 g/mol. The van der Waals surface area contributed by atoms with Crippen LogP contribution in [0.15, 0.2) is 18.2 Å². The first-order chi connectivity index (χ1) is 10.1. The molecular formula is C17H25FN2O. The van der Waals surface area contributed by atoms with Gasteiger partial charge < -0.3 is 10.6 Å². The molecule has 1 amide bonds. The maximum atomic E-state index is 13.1. The summed E-state index contributed by atoms with van der Waals surface area (Å²) in [5.74, 6) is -0.0982. The highest BCUT2D eigenvalue weighted by Crippen LogP contribution is 2.24. The minimum absolute atomic E-state index is 0.113. The van der Waals surface area contributed by atoms with Gasteiger partial charge in [0.1, 0.15) is 5.82 Å². The molecule has 2 N–H and O–H groups in total. The van der Waals surface area contributed by atoms with Crippen LogP contribution in [0.25, 0.3) is 0 Å². The molecule has 1 unspecified atom stereocenters. The molecule has 2 rings (SSSR count). The molecule has 0 aliphatic carbocycles. The number of halogens is 1. The van der Waals surface area contributed by atoms with Crippen LogP contribution in [0.3, 0.4) is 0 Å². The fourth-order valence-electron chi connectivity index (χ4n) is 3.17. The summed E-state index contributed by atoms with van der Waals surface area (Å²) in [5, 5.41) is 6.42. The normalized spacial score (nSPS) is 21.5. The van der Waals surface area contributed by atoms with Crippen molar-refractivity contribution in [3.63, 3.8) is 0 Å². The first kappa shape index (κ1) is 16.0. The summed E-state index contributed by atoms with van der Waals surface area (Å²) in [5.41, 5.74) is 1.65. The van der Waals surface area contributed by atoms with Gasteiger partial charge in [0.15, 0.2) is 0 Å². The lowest BCUT2D eigenvalue weighted by atomic mass is 9.91. The molecule has 1 heterocycles. The molecule has 1 fully saturated rings. The van der Waals surface area contributed by atoms with Gasteiger partial charge in [0.2, 0.25) is 5.91 Å². The maximum Gasteiger partial charge on any atom is 0.240 e. The number of carbonyl (C=O) groups is 1. The molecule has 1 aromatic carbocycles. The Hall–Kier alpha value is -1.42. The largest absolute Gasteiger partial charge is 0.354 e. The molecule has 1 aliphatic heterocycles. The van der Waals surface area contributed by atoms with E-state index in [1.165, 1.54) is 12.1 Å². The Kier molecular flexibility index (Phi) is 5.34. The van der Waals surface area contributed by atoms with E-state index in [9.17, 15) is 9.18 Å². The molecule has 21 heavy (non-hydrogen) atoms. The fourth-order valence-corrected chi connectivity index (χ4v) is 3.17. The van der Waals surface area contributed by atoms with Crippen molar-refractivity contribution in [1.82, 2.24) is 10.6 Å². The summed E-state index contributed by atoms with van der Waals surface area (Å²) >= 11 is 0. The zero-order chi connectivity index (χ0) is 15.3. The van der Waals surface area contributed by atoms with Crippen molar-refractivity contribution < 1.29 is 9.18 Å². The van der Waals surface area contributed by atoms with Gasteiger partial charge in [0, 0.05) is 6.54 Å². The van der Waals surface area contributed by atoms with Crippen molar-refractivity contribution in [1.29, 1.82) is 0 Å². The minimum Gasteiger partial charge on any atom is -0.354 e. The van der Waals surface area contributed by atoms with E-state index >= 15 is 0 Å². The molecule has 1 aromatic rings. The molecule has 1 saturated heterocycles. The van der Waals surface area contributed by atoms with Gasteiger partial charge in [-0.25, -0.2) is 4.39 Å². The molecule has 0 bridgehead atoms. The Morgan fingerprint density at radius 2 is 2.29 bits per heavy atom. The van der Waals surface area contributed by atoms with Crippen LogP contribution in [0.5, 0.6) is 0 Å². The lowest BCUT2D eigenvalue weighted by Gasteiger charge is -2.27. The number of amides is 1. The summed E-state index contributed by atoms with van der Waals surface area (Å²) in [6.45, 7) is 5.52. The van der Waals surface area contributed by atoms with Crippen molar-refractivity contribution in [2.75, 3.05) is 13.1 Å². The summed E-state index contributed by atoms with van der Waals surface area (Å²) in [6.07, 6.45) is 4.60. The number of aryl methyl sites for hydroxylation is 1. The van der Waals surface area contributed by atoms with E-state index in [0.717, 1.165) is 49.8 Å². The number of benzene rings is 1. The molecule has 116 valence electrons. The summed E-state index contributed by atoms with van der Waals surface area (Å²) in [6, 6.07) is 4.81. The van der Waals surface area contributed by atoms with E-state index in [-0.39, 0.29) is 17.3 Å². The third kappa shape index (κ3) is 3.82. The van der Waals surface area contributed by atoms with Gasteiger partial charge in [-0.15, -0.1) is 0 Å². The third-order valence-electron chi connectivity index (χ3n) is 4.34. The Morgan fingerprint density at radius 3 is 2.90 bits per heavy atom. The van der Waals surface area contributed by atoms with Gasteiger partial charge >= 0.3 is 0 Å². The smallest absolute Gasteiger partial charge is 0.240 e. The standard InChI is InChI=1S/C17H25FN2O/c1-3-8-17(9-4-10-20-17)16(21)19-11-7-14-5-6-15(18)12-13(14)2/h5-6,12,20H,3-4,7-11H2,1-2H3,(H,19,21). The monoisotopic (exact) mass is 292 g/mol. The predicted molar refractivity (Wildman–Crippen MR) is 82.7 cm³/mol. The van der Waals surface area contributed by atoms with E-state index in [4.69, 9.17) is 0 Å². The van der Waals surface area contributed by atoms with Crippen molar-refractivity contribution in [2.45, 2.75) is 51.5 Å². The molecule has 1 aliphatic rings. The molecule has 0 saturated carbocycles. The van der Waals surface area contributed by atoms with Gasteiger partial charge in [0.25, 0.3) is 0 Å². The first-order valence-electron chi connectivity index (χ1n) is 7.86. The maximum absolute atomic E-state index is 13.1. The van der Waals surface area contributed by atoms with Gasteiger partial charge in [-0.1, -0.05) is 19.4 Å². The Balaban J connectivity index is 1.88. The van der Waals surface area contributed by atoms with Crippen LogP contribution in [0.4, 0.5) is 4.39 Å². The highest BCUT2D eigenvalue weighted by Gasteiger charge is 2.39. The van der Waals surface area contributed by atoms with Crippen LogP contribution in [0.2, 0.25) is 0 Å². The summed E-state index contributed by atoms with van der Waals surface area (Å²) < 4.78 is 13.1. The predicted octanol–water partition coefficient (Wildman–Crippen LogP) is 2.72. The number of nitrogens with one attached hydrogen (secondary N) is 2. The van der Waals surface area contributed by atoms with E-state index < -0.39 is 0 Å². The van der Waals surface area contributed by atoms with Crippen LogP contribution in [0, 0.1) is 12.7 Å². The molecule has 3 nitrogen and oxygen atoms in total.